The first-order chi connectivity index (χ1) is 14.3. The summed E-state index contributed by atoms with van der Waals surface area (Å²) in [6, 6.07) is 16.6. The van der Waals surface area contributed by atoms with Crippen molar-refractivity contribution in [1.29, 1.82) is 0 Å². The van der Waals surface area contributed by atoms with Gasteiger partial charge in [0.1, 0.15) is 0 Å². The van der Waals surface area contributed by atoms with Crippen LogP contribution in [0.25, 0.3) is 0 Å². The van der Waals surface area contributed by atoms with Gasteiger partial charge >= 0.3 is 0 Å². The third-order valence-electron chi connectivity index (χ3n) is 5.07. The number of sulfonamides is 1. The topological polar surface area (TPSA) is 86.8 Å². The summed E-state index contributed by atoms with van der Waals surface area (Å²) in [6.07, 6.45) is 3.21. The molecule has 0 aromatic heterocycles. The Labute approximate surface area is 177 Å². The molecule has 1 fully saturated rings. The van der Waals surface area contributed by atoms with Gasteiger partial charge in [0.2, 0.25) is 15.9 Å². The molecule has 0 saturated carbocycles. The maximum atomic E-state index is 12.9. The average molecular weight is 430 g/mol. The summed E-state index contributed by atoms with van der Waals surface area (Å²) < 4.78 is 25.5. The van der Waals surface area contributed by atoms with Crippen molar-refractivity contribution in [1.82, 2.24) is 9.80 Å². The van der Waals surface area contributed by atoms with Crippen molar-refractivity contribution < 1.29 is 18.0 Å². The van der Waals surface area contributed by atoms with E-state index < -0.39 is 10.0 Å². The van der Waals surface area contributed by atoms with Gasteiger partial charge in [-0.1, -0.05) is 42.5 Å². The molecule has 1 saturated heterocycles. The summed E-state index contributed by atoms with van der Waals surface area (Å²) in [5.41, 5.74) is 1.80. The molecule has 0 unspecified atom stereocenters. The van der Waals surface area contributed by atoms with Crippen LogP contribution in [0.1, 0.15) is 28.8 Å². The lowest BCUT2D eigenvalue weighted by molar-refractivity contribution is -0.132. The number of carbonyl (C=O) groups is 2. The lowest BCUT2D eigenvalue weighted by Crippen LogP contribution is -2.50. The molecule has 0 spiro atoms. The van der Waals surface area contributed by atoms with Crippen molar-refractivity contribution in [2.75, 3.05) is 37.2 Å². The van der Waals surface area contributed by atoms with E-state index in [0.717, 1.165) is 19.1 Å². The molecule has 0 bridgehead atoms. The fourth-order valence-corrected chi connectivity index (χ4v) is 4.11. The van der Waals surface area contributed by atoms with Gasteiger partial charge in [0, 0.05) is 32.6 Å². The summed E-state index contributed by atoms with van der Waals surface area (Å²) in [5, 5.41) is 0. The molecule has 160 valence electrons. The number of amides is 2. The van der Waals surface area contributed by atoms with Crippen LogP contribution >= 0.6 is 0 Å². The Morgan fingerprint density at radius 3 is 2.17 bits per heavy atom. The lowest BCUT2D eigenvalue weighted by atomic mass is 10.1. The zero-order valence-corrected chi connectivity index (χ0v) is 17.9. The van der Waals surface area contributed by atoms with E-state index in [4.69, 9.17) is 0 Å². The van der Waals surface area contributed by atoms with Crippen LogP contribution in [0, 0.1) is 0 Å². The zero-order valence-electron chi connectivity index (χ0n) is 17.1. The van der Waals surface area contributed by atoms with Gasteiger partial charge in [0.15, 0.2) is 0 Å². The van der Waals surface area contributed by atoms with Crippen molar-refractivity contribution in [3.05, 3.63) is 65.7 Å². The van der Waals surface area contributed by atoms with Gasteiger partial charge < -0.3 is 9.80 Å². The maximum absolute atomic E-state index is 12.9. The van der Waals surface area contributed by atoms with Crippen molar-refractivity contribution in [2.45, 2.75) is 19.3 Å². The third-order valence-corrected chi connectivity index (χ3v) is 5.66. The molecule has 1 heterocycles. The van der Waals surface area contributed by atoms with E-state index >= 15 is 0 Å². The van der Waals surface area contributed by atoms with E-state index in [9.17, 15) is 18.0 Å². The summed E-state index contributed by atoms with van der Waals surface area (Å²) in [6.45, 7) is 1.82. The second-order valence-corrected chi connectivity index (χ2v) is 9.18. The van der Waals surface area contributed by atoms with E-state index in [-0.39, 0.29) is 17.5 Å². The molecule has 2 amide bonds. The van der Waals surface area contributed by atoms with Crippen LogP contribution in [0.3, 0.4) is 0 Å². The molecule has 0 radical (unpaired) electrons. The van der Waals surface area contributed by atoms with Gasteiger partial charge in [0.25, 0.3) is 5.91 Å². The minimum Gasteiger partial charge on any atom is -0.339 e. The number of hydrogen-bond acceptors (Lipinski definition) is 4. The van der Waals surface area contributed by atoms with Gasteiger partial charge in [-0.05, 0) is 30.5 Å². The van der Waals surface area contributed by atoms with Crippen molar-refractivity contribution in [3.8, 4) is 0 Å². The first-order valence-electron chi connectivity index (χ1n) is 10.0. The first kappa shape index (κ1) is 21.8. The maximum Gasteiger partial charge on any atom is 0.256 e. The highest BCUT2D eigenvalue weighted by Crippen LogP contribution is 2.19. The molecule has 2 aromatic rings. The molecule has 7 nitrogen and oxygen atoms in total. The number of nitrogens with zero attached hydrogens (tertiary/aromatic N) is 2. The molecular formula is C22H27N3O4S. The molecular weight excluding hydrogens is 402 g/mol. The Bertz CT molecular complexity index is 984. The van der Waals surface area contributed by atoms with Crippen LogP contribution < -0.4 is 4.72 Å². The quantitative estimate of drug-likeness (QED) is 0.732. The van der Waals surface area contributed by atoms with Gasteiger partial charge in [-0.15, -0.1) is 0 Å². The fraction of sp³-hybridized carbons (Fsp3) is 0.364. The average Bonchev–Trinajstić information content (AvgIpc) is 2.73. The standard InChI is InChI=1S/C22H27N3O4S/c1-30(28,29)23-20-12-6-5-11-19(20)22(27)25-16-14-24(15-17-25)21(26)13-7-10-18-8-3-2-4-9-18/h2-6,8-9,11-12,23H,7,10,13-17H2,1H3. The first-order valence-corrected chi connectivity index (χ1v) is 11.9. The molecule has 0 aliphatic carbocycles. The highest BCUT2D eigenvalue weighted by Gasteiger charge is 2.26. The number of carbonyl (C=O) groups excluding carboxylic acids is 2. The molecule has 8 heteroatoms. The second kappa shape index (κ2) is 9.75. The normalized spacial score (nSPS) is 14.4. The van der Waals surface area contributed by atoms with Crippen molar-refractivity contribution in [2.24, 2.45) is 0 Å². The Balaban J connectivity index is 1.51. The number of aryl methyl sites for hydroxylation is 1. The summed E-state index contributed by atoms with van der Waals surface area (Å²) >= 11 is 0. The fourth-order valence-electron chi connectivity index (χ4n) is 3.53. The molecule has 2 aromatic carbocycles. The Hall–Kier alpha value is -2.87. The summed E-state index contributed by atoms with van der Waals surface area (Å²) in [5.74, 6) is -0.130. The minimum atomic E-state index is -3.49. The Morgan fingerprint density at radius 2 is 1.50 bits per heavy atom. The van der Waals surface area contributed by atoms with Gasteiger partial charge in [-0.2, -0.15) is 0 Å². The van der Waals surface area contributed by atoms with Crippen LogP contribution in [0.2, 0.25) is 0 Å². The van der Waals surface area contributed by atoms with Gasteiger partial charge in [-0.25, -0.2) is 8.42 Å². The monoisotopic (exact) mass is 429 g/mol. The number of piperazine rings is 1. The number of rotatable bonds is 7. The largest absolute Gasteiger partial charge is 0.339 e. The lowest BCUT2D eigenvalue weighted by Gasteiger charge is -2.35. The van der Waals surface area contributed by atoms with Crippen molar-refractivity contribution >= 4 is 27.5 Å². The van der Waals surface area contributed by atoms with Crippen molar-refractivity contribution in [3.63, 3.8) is 0 Å². The van der Waals surface area contributed by atoms with Gasteiger partial charge in [0.05, 0.1) is 17.5 Å². The molecule has 30 heavy (non-hydrogen) atoms. The molecule has 3 rings (SSSR count). The van der Waals surface area contributed by atoms with Crippen LogP contribution in [-0.2, 0) is 21.2 Å². The smallest absolute Gasteiger partial charge is 0.256 e. The van der Waals surface area contributed by atoms with Crippen LogP contribution in [-0.4, -0.2) is 62.5 Å². The molecule has 1 aliphatic rings. The van der Waals surface area contributed by atoms with Crippen LogP contribution in [0.5, 0.6) is 0 Å². The number of para-hydroxylation sites is 1. The van der Waals surface area contributed by atoms with E-state index in [2.05, 4.69) is 16.9 Å². The van der Waals surface area contributed by atoms with E-state index in [1.54, 1.807) is 34.1 Å². The number of nitrogens with one attached hydrogen (secondary N) is 1. The summed E-state index contributed by atoms with van der Waals surface area (Å²) in [4.78, 5) is 28.9. The predicted molar refractivity (Wildman–Crippen MR) is 117 cm³/mol. The van der Waals surface area contributed by atoms with E-state index in [0.29, 0.717) is 38.2 Å². The molecule has 1 N–H and O–H groups in total. The Morgan fingerprint density at radius 1 is 0.900 bits per heavy atom. The molecule has 0 atom stereocenters. The molecule has 1 aliphatic heterocycles. The highest BCUT2D eigenvalue weighted by atomic mass is 32.2. The highest BCUT2D eigenvalue weighted by molar-refractivity contribution is 7.92. The predicted octanol–water partition coefficient (Wildman–Crippen LogP) is 2.37. The Kier molecular flexibility index (Phi) is 7.10. The summed E-state index contributed by atoms with van der Waals surface area (Å²) in [7, 11) is -3.49. The van der Waals surface area contributed by atoms with E-state index in [1.165, 1.54) is 5.56 Å². The minimum absolute atomic E-state index is 0.108. The number of hydrogen-bond donors (Lipinski definition) is 1. The zero-order chi connectivity index (χ0) is 21.6. The third kappa shape index (κ3) is 6.06. The van der Waals surface area contributed by atoms with E-state index in [1.807, 2.05) is 18.2 Å². The number of anilines is 1. The SMILES string of the molecule is CS(=O)(=O)Nc1ccccc1C(=O)N1CCN(C(=O)CCCc2ccccc2)CC1. The second-order valence-electron chi connectivity index (χ2n) is 7.43. The number of benzene rings is 2. The van der Waals surface area contributed by atoms with Crippen LogP contribution in [0.4, 0.5) is 5.69 Å². The van der Waals surface area contributed by atoms with Gasteiger partial charge in [-0.3, -0.25) is 14.3 Å². The van der Waals surface area contributed by atoms with Crippen LogP contribution in [0.15, 0.2) is 54.6 Å².